The van der Waals surface area contributed by atoms with E-state index in [1.54, 1.807) is 0 Å². The molecule has 0 aliphatic heterocycles. The van der Waals surface area contributed by atoms with E-state index in [4.69, 9.17) is 5.84 Å². The largest absolute Gasteiger partial charge is 0.364 e. The molecule has 0 radical (unpaired) electrons. The molecule has 0 aromatic carbocycles. The second-order valence-corrected chi connectivity index (χ2v) is 5.34. The van der Waals surface area contributed by atoms with E-state index < -0.39 is 4.92 Å². The van der Waals surface area contributed by atoms with Gasteiger partial charge in [-0.15, -0.1) is 0 Å². The topological polar surface area (TPSA) is 106 Å². The molecule has 0 bridgehead atoms. The summed E-state index contributed by atoms with van der Waals surface area (Å²) in [5.41, 5.74) is 2.57. The highest BCUT2D eigenvalue weighted by Gasteiger charge is 2.29. The van der Waals surface area contributed by atoms with Crippen LogP contribution in [0.15, 0.2) is 12.1 Å². The highest BCUT2D eigenvalue weighted by atomic mass is 16.6. The molecule has 19 heavy (non-hydrogen) atoms. The third kappa shape index (κ3) is 3.11. The van der Waals surface area contributed by atoms with Crippen LogP contribution in [0, 0.1) is 15.5 Å². The maximum absolute atomic E-state index is 11.0. The molecule has 1 aliphatic rings. The third-order valence-corrected chi connectivity index (χ3v) is 3.71. The molecule has 0 unspecified atom stereocenters. The molecule has 1 aromatic rings. The van der Waals surface area contributed by atoms with Gasteiger partial charge in [0.1, 0.15) is 5.82 Å². The predicted molar refractivity (Wildman–Crippen MR) is 73.8 cm³/mol. The van der Waals surface area contributed by atoms with E-state index in [9.17, 15) is 10.1 Å². The average molecular weight is 265 g/mol. The Kier molecular flexibility index (Phi) is 3.84. The number of hydrogen-bond acceptors (Lipinski definition) is 6. The lowest BCUT2D eigenvalue weighted by Gasteiger charge is -2.23. The van der Waals surface area contributed by atoms with E-state index in [1.165, 1.54) is 25.0 Å². The predicted octanol–water partition coefficient (Wildman–Crippen LogP) is 2.27. The summed E-state index contributed by atoms with van der Waals surface area (Å²) >= 11 is 0. The molecule has 1 fully saturated rings. The summed E-state index contributed by atoms with van der Waals surface area (Å²) in [5.74, 6) is 5.96. The zero-order chi connectivity index (χ0) is 13.9. The van der Waals surface area contributed by atoms with Gasteiger partial charge >= 0.3 is 5.69 Å². The van der Waals surface area contributed by atoms with Crippen LogP contribution in [0.2, 0.25) is 0 Å². The number of rotatable bonds is 5. The van der Waals surface area contributed by atoms with Gasteiger partial charge in [-0.05, 0) is 24.3 Å². The Morgan fingerprint density at radius 2 is 2.16 bits per heavy atom. The number of nitrogen functional groups attached to an aromatic ring is 1. The molecule has 1 heterocycles. The van der Waals surface area contributed by atoms with Crippen molar-refractivity contribution in [1.82, 2.24) is 4.98 Å². The van der Waals surface area contributed by atoms with Crippen molar-refractivity contribution in [1.29, 1.82) is 0 Å². The molecule has 7 nitrogen and oxygen atoms in total. The van der Waals surface area contributed by atoms with Crippen molar-refractivity contribution in [2.45, 2.75) is 32.6 Å². The summed E-state index contributed by atoms with van der Waals surface area (Å²) in [5, 5.41) is 14.1. The van der Waals surface area contributed by atoms with Crippen LogP contribution in [0.25, 0.3) is 0 Å². The zero-order valence-electron chi connectivity index (χ0n) is 11.0. The first-order valence-electron chi connectivity index (χ1n) is 6.40. The summed E-state index contributed by atoms with van der Waals surface area (Å²) in [7, 11) is 0. The summed E-state index contributed by atoms with van der Waals surface area (Å²) in [6.07, 6.45) is 4.72. The molecule has 1 saturated carbocycles. The van der Waals surface area contributed by atoms with E-state index in [-0.39, 0.29) is 16.9 Å². The van der Waals surface area contributed by atoms with Gasteiger partial charge < -0.3 is 10.7 Å². The number of pyridine rings is 1. The molecule has 7 heteroatoms. The Bertz CT molecular complexity index is 471. The SMILES string of the molecule is CC1(CNc2nc(NN)ccc2[N+](=O)[O-])CCCC1. The zero-order valence-corrected chi connectivity index (χ0v) is 11.0. The minimum absolute atomic E-state index is 0.0272. The Morgan fingerprint density at radius 3 is 2.74 bits per heavy atom. The highest BCUT2D eigenvalue weighted by molar-refractivity contribution is 5.60. The number of hydrogen-bond donors (Lipinski definition) is 3. The number of nitro groups is 1. The normalized spacial score (nSPS) is 17.2. The van der Waals surface area contributed by atoms with Crippen LogP contribution in [-0.2, 0) is 0 Å². The third-order valence-electron chi connectivity index (χ3n) is 3.71. The van der Waals surface area contributed by atoms with Crippen molar-refractivity contribution in [3.63, 3.8) is 0 Å². The van der Waals surface area contributed by atoms with E-state index in [0.717, 1.165) is 12.8 Å². The van der Waals surface area contributed by atoms with E-state index >= 15 is 0 Å². The first-order chi connectivity index (χ1) is 9.04. The first kappa shape index (κ1) is 13.5. The van der Waals surface area contributed by atoms with Crippen molar-refractivity contribution in [2.24, 2.45) is 11.3 Å². The molecule has 104 valence electrons. The Balaban J connectivity index is 2.15. The fourth-order valence-electron chi connectivity index (χ4n) is 2.51. The average Bonchev–Trinajstić information content (AvgIpc) is 2.83. The minimum atomic E-state index is -0.438. The lowest BCUT2D eigenvalue weighted by molar-refractivity contribution is -0.384. The molecule has 0 atom stereocenters. The maximum Gasteiger partial charge on any atom is 0.311 e. The van der Waals surface area contributed by atoms with Crippen LogP contribution in [0.4, 0.5) is 17.3 Å². The summed E-state index contributed by atoms with van der Waals surface area (Å²) < 4.78 is 0. The number of nitrogens with two attached hydrogens (primary N) is 1. The molecule has 1 aliphatic carbocycles. The van der Waals surface area contributed by atoms with Crippen LogP contribution in [0.1, 0.15) is 32.6 Å². The Morgan fingerprint density at radius 1 is 1.47 bits per heavy atom. The van der Waals surface area contributed by atoms with Crippen molar-refractivity contribution < 1.29 is 4.92 Å². The summed E-state index contributed by atoms with van der Waals surface area (Å²) in [4.78, 5) is 14.6. The lowest BCUT2D eigenvalue weighted by atomic mass is 9.89. The maximum atomic E-state index is 11.0. The fourth-order valence-corrected chi connectivity index (χ4v) is 2.51. The fraction of sp³-hybridized carbons (Fsp3) is 0.583. The molecule has 4 N–H and O–H groups in total. The van der Waals surface area contributed by atoms with Gasteiger partial charge in [0, 0.05) is 12.6 Å². The minimum Gasteiger partial charge on any atom is -0.364 e. The first-order valence-corrected chi connectivity index (χ1v) is 6.40. The van der Waals surface area contributed by atoms with E-state index in [1.807, 2.05) is 0 Å². The molecule has 2 rings (SSSR count). The van der Waals surface area contributed by atoms with Crippen molar-refractivity contribution in [3.05, 3.63) is 22.2 Å². The molecular weight excluding hydrogens is 246 g/mol. The van der Waals surface area contributed by atoms with Gasteiger partial charge in [-0.3, -0.25) is 10.1 Å². The van der Waals surface area contributed by atoms with Crippen molar-refractivity contribution >= 4 is 17.3 Å². The van der Waals surface area contributed by atoms with Crippen LogP contribution >= 0.6 is 0 Å². The van der Waals surface area contributed by atoms with Crippen LogP contribution in [0.5, 0.6) is 0 Å². The van der Waals surface area contributed by atoms with Crippen molar-refractivity contribution in [3.8, 4) is 0 Å². The number of nitrogens with zero attached hydrogens (tertiary/aromatic N) is 2. The van der Waals surface area contributed by atoms with Gasteiger partial charge in [0.25, 0.3) is 0 Å². The molecule has 0 spiro atoms. The Hall–Kier alpha value is -1.89. The van der Waals surface area contributed by atoms with Gasteiger partial charge in [-0.25, -0.2) is 10.8 Å². The second-order valence-electron chi connectivity index (χ2n) is 5.34. The lowest BCUT2D eigenvalue weighted by Crippen LogP contribution is -2.24. The van der Waals surface area contributed by atoms with Crippen LogP contribution < -0.4 is 16.6 Å². The smallest absolute Gasteiger partial charge is 0.311 e. The molecule has 0 amide bonds. The molecular formula is C12H19N5O2. The van der Waals surface area contributed by atoms with Gasteiger partial charge in [0.15, 0.2) is 0 Å². The highest BCUT2D eigenvalue weighted by Crippen LogP contribution is 2.38. The van der Waals surface area contributed by atoms with Gasteiger partial charge in [0.2, 0.25) is 5.82 Å². The van der Waals surface area contributed by atoms with Crippen LogP contribution in [-0.4, -0.2) is 16.5 Å². The van der Waals surface area contributed by atoms with Gasteiger partial charge in [-0.1, -0.05) is 19.8 Å². The standard InChI is InChI=1S/C12H19N5O2/c1-12(6-2-3-7-12)8-14-11-9(17(18)19)4-5-10(15-11)16-13/h4-5H,2-3,6-8,13H2,1H3,(H2,14,15,16). The van der Waals surface area contributed by atoms with Gasteiger partial charge in [0.05, 0.1) is 4.92 Å². The van der Waals surface area contributed by atoms with Crippen molar-refractivity contribution in [2.75, 3.05) is 17.3 Å². The van der Waals surface area contributed by atoms with Gasteiger partial charge in [-0.2, -0.15) is 0 Å². The number of aromatic nitrogens is 1. The van der Waals surface area contributed by atoms with E-state index in [0.29, 0.717) is 12.4 Å². The van der Waals surface area contributed by atoms with Crippen LogP contribution in [0.3, 0.4) is 0 Å². The quantitative estimate of drug-likeness (QED) is 0.428. The molecule has 1 aromatic heterocycles. The number of hydrazine groups is 1. The Labute approximate surface area is 111 Å². The molecule has 0 saturated heterocycles. The summed E-state index contributed by atoms with van der Waals surface area (Å²) in [6.45, 7) is 2.89. The van der Waals surface area contributed by atoms with E-state index in [2.05, 4.69) is 22.7 Å². The monoisotopic (exact) mass is 265 g/mol. The number of nitrogens with one attached hydrogen (secondary N) is 2. The summed E-state index contributed by atoms with van der Waals surface area (Å²) in [6, 6.07) is 2.89. The second kappa shape index (κ2) is 5.40. The number of anilines is 2.